The fraction of sp³-hybridized carbons (Fsp3) is 0.0909. The van der Waals surface area contributed by atoms with Crippen LogP contribution in [-0.2, 0) is 0 Å². The minimum Gasteiger partial charge on any atom is -0.359 e. The number of carbonyl (C=O) groups is 2. The Kier molecular flexibility index (Phi) is 6.04. The van der Waals surface area contributed by atoms with E-state index in [2.05, 4.69) is 26.6 Å². The zero-order valence-corrected chi connectivity index (χ0v) is 16.4. The molecule has 0 aliphatic rings. The van der Waals surface area contributed by atoms with Gasteiger partial charge in [0.05, 0.1) is 0 Å². The van der Waals surface area contributed by atoms with Gasteiger partial charge in [-0.15, -0.1) is 0 Å². The number of benzene rings is 3. The number of anilines is 1. The van der Waals surface area contributed by atoms with Crippen molar-refractivity contribution in [2.24, 2.45) is 0 Å². The normalized spacial score (nSPS) is 11.5. The summed E-state index contributed by atoms with van der Waals surface area (Å²) in [7, 11) is 0. The molecule has 5 heteroatoms. The lowest BCUT2D eigenvalue weighted by Gasteiger charge is -2.21. The topological polar surface area (TPSA) is 58.2 Å². The lowest BCUT2D eigenvalue weighted by Crippen LogP contribution is -2.46. The van der Waals surface area contributed by atoms with E-state index in [1.165, 1.54) is 0 Å². The molecule has 0 bridgehead atoms. The summed E-state index contributed by atoms with van der Waals surface area (Å²) in [6.07, 6.45) is -0.884. The third-order valence-corrected chi connectivity index (χ3v) is 4.56. The van der Waals surface area contributed by atoms with Gasteiger partial charge in [0, 0.05) is 21.3 Å². The maximum absolute atomic E-state index is 13.0. The van der Waals surface area contributed by atoms with Gasteiger partial charge in [0.1, 0.15) is 0 Å². The molecule has 1 atom stereocenters. The van der Waals surface area contributed by atoms with E-state index in [1.54, 1.807) is 48.5 Å². The molecule has 4 nitrogen and oxygen atoms in total. The van der Waals surface area contributed by atoms with Crippen molar-refractivity contribution in [2.45, 2.75) is 13.1 Å². The molecule has 2 N–H and O–H groups in total. The summed E-state index contributed by atoms with van der Waals surface area (Å²) in [5.41, 5.74) is 2.83. The molecule has 0 spiro atoms. The van der Waals surface area contributed by atoms with Crippen molar-refractivity contribution in [3.05, 3.63) is 100 Å². The molecule has 0 radical (unpaired) electrons. The van der Waals surface area contributed by atoms with Crippen molar-refractivity contribution in [1.82, 2.24) is 5.32 Å². The average molecular weight is 423 g/mol. The first-order valence-corrected chi connectivity index (χ1v) is 9.31. The van der Waals surface area contributed by atoms with Crippen molar-refractivity contribution < 1.29 is 9.59 Å². The van der Waals surface area contributed by atoms with Crippen molar-refractivity contribution in [3.8, 4) is 0 Å². The van der Waals surface area contributed by atoms with Crippen LogP contribution in [0.5, 0.6) is 0 Å². The van der Waals surface area contributed by atoms with E-state index in [9.17, 15) is 9.59 Å². The molecule has 0 saturated carbocycles. The number of Topliss-reactive ketones (excluding diaryl/α,β-unsaturated/α-hetero) is 1. The van der Waals surface area contributed by atoms with Gasteiger partial charge in [0.15, 0.2) is 6.17 Å². The van der Waals surface area contributed by atoms with E-state index in [0.29, 0.717) is 11.1 Å². The predicted molar refractivity (Wildman–Crippen MR) is 111 cm³/mol. The maximum atomic E-state index is 13.0. The summed E-state index contributed by atoms with van der Waals surface area (Å²) in [4.78, 5) is 25.6. The highest BCUT2D eigenvalue weighted by Crippen LogP contribution is 2.14. The smallest absolute Gasteiger partial charge is 0.253 e. The molecule has 136 valence electrons. The van der Waals surface area contributed by atoms with Crippen LogP contribution in [0.4, 0.5) is 5.69 Å². The average Bonchev–Trinajstić information content (AvgIpc) is 2.68. The van der Waals surface area contributed by atoms with E-state index in [4.69, 9.17) is 0 Å². The quantitative estimate of drug-likeness (QED) is 0.442. The van der Waals surface area contributed by atoms with Gasteiger partial charge in [0.2, 0.25) is 5.78 Å². The minimum atomic E-state index is -0.884. The number of nitrogens with one attached hydrogen (secondary N) is 2. The number of halogens is 1. The van der Waals surface area contributed by atoms with E-state index < -0.39 is 6.17 Å². The molecule has 0 fully saturated rings. The van der Waals surface area contributed by atoms with Crippen LogP contribution < -0.4 is 10.6 Å². The van der Waals surface area contributed by atoms with Crippen LogP contribution in [0.2, 0.25) is 0 Å². The summed E-state index contributed by atoms with van der Waals surface area (Å²) in [6, 6.07) is 23.6. The molecular weight excluding hydrogens is 404 g/mol. The van der Waals surface area contributed by atoms with Crippen LogP contribution in [-0.4, -0.2) is 17.9 Å². The Hall–Kier alpha value is -2.92. The highest BCUT2D eigenvalue weighted by molar-refractivity contribution is 9.10. The zero-order chi connectivity index (χ0) is 19.2. The van der Waals surface area contributed by atoms with Gasteiger partial charge in [0.25, 0.3) is 5.91 Å². The molecule has 0 heterocycles. The SMILES string of the molecule is Cc1cccc(NC(NC(=O)c2ccc(Br)cc2)C(=O)c2ccccc2)c1. The van der Waals surface area contributed by atoms with E-state index >= 15 is 0 Å². The third-order valence-electron chi connectivity index (χ3n) is 4.03. The largest absolute Gasteiger partial charge is 0.359 e. The van der Waals surface area contributed by atoms with Gasteiger partial charge in [-0.1, -0.05) is 58.4 Å². The molecule has 0 saturated heterocycles. The highest BCUT2D eigenvalue weighted by Gasteiger charge is 2.22. The predicted octanol–water partition coefficient (Wildman–Crippen LogP) is 4.81. The second-order valence-corrected chi connectivity index (χ2v) is 7.07. The number of carbonyl (C=O) groups excluding carboxylic acids is 2. The third kappa shape index (κ3) is 5.05. The number of hydrogen-bond donors (Lipinski definition) is 2. The molecule has 3 aromatic rings. The lowest BCUT2D eigenvalue weighted by molar-refractivity contribution is 0.0869. The Balaban J connectivity index is 1.85. The number of rotatable bonds is 6. The van der Waals surface area contributed by atoms with Gasteiger partial charge in [-0.05, 0) is 48.9 Å². The lowest BCUT2D eigenvalue weighted by atomic mass is 10.1. The number of hydrogen-bond acceptors (Lipinski definition) is 3. The van der Waals surface area contributed by atoms with Crippen LogP contribution in [0.25, 0.3) is 0 Å². The minimum absolute atomic E-state index is 0.206. The number of ketones is 1. The molecule has 3 aromatic carbocycles. The first-order chi connectivity index (χ1) is 13.0. The Morgan fingerprint density at radius 1 is 0.852 bits per heavy atom. The van der Waals surface area contributed by atoms with Crippen LogP contribution in [0.3, 0.4) is 0 Å². The van der Waals surface area contributed by atoms with Crippen LogP contribution in [0, 0.1) is 6.92 Å². The first kappa shape index (κ1) is 18.9. The first-order valence-electron chi connectivity index (χ1n) is 8.52. The monoisotopic (exact) mass is 422 g/mol. The van der Waals surface area contributed by atoms with Gasteiger partial charge in [-0.25, -0.2) is 0 Å². The molecule has 3 rings (SSSR count). The number of aryl methyl sites for hydroxylation is 1. The number of amides is 1. The van der Waals surface area contributed by atoms with Crippen molar-refractivity contribution >= 4 is 33.3 Å². The van der Waals surface area contributed by atoms with E-state index in [-0.39, 0.29) is 11.7 Å². The molecular formula is C22H19BrN2O2. The van der Waals surface area contributed by atoms with Gasteiger partial charge < -0.3 is 10.6 Å². The van der Waals surface area contributed by atoms with Crippen LogP contribution >= 0.6 is 15.9 Å². The van der Waals surface area contributed by atoms with Gasteiger partial charge in [-0.3, -0.25) is 9.59 Å². The fourth-order valence-electron chi connectivity index (χ4n) is 2.65. The van der Waals surface area contributed by atoms with Gasteiger partial charge in [-0.2, -0.15) is 0 Å². The van der Waals surface area contributed by atoms with Crippen molar-refractivity contribution in [2.75, 3.05) is 5.32 Å². The van der Waals surface area contributed by atoms with E-state index in [1.807, 2.05) is 37.3 Å². The second-order valence-electron chi connectivity index (χ2n) is 6.16. The summed E-state index contributed by atoms with van der Waals surface area (Å²) < 4.78 is 0.883. The Morgan fingerprint density at radius 3 is 2.22 bits per heavy atom. The summed E-state index contributed by atoms with van der Waals surface area (Å²) in [6.45, 7) is 1.97. The molecule has 0 aromatic heterocycles. The molecule has 0 aliphatic heterocycles. The van der Waals surface area contributed by atoms with Crippen molar-refractivity contribution in [3.63, 3.8) is 0 Å². The fourth-order valence-corrected chi connectivity index (χ4v) is 2.92. The Labute approximate surface area is 166 Å². The molecule has 27 heavy (non-hydrogen) atoms. The van der Waals surface area contributed by atoms with Crippen LogP contribution in [0.1, 0.15) is 26.3 Å². The molecule has 1 unspecified atom stereocenters. The Bertz CT molecular complexity index is 940. The highest BCUT2D eigenvalue weighted by atomic mass is 79.9. The second kappa shape index (κ2) is 8.64. The standard InChI is InChI=1S/C22H19BrN2O2/c1-15-6-5-9-19(14-15)24-21(20(26)16-7-3-2-4-8-16)25-22(27)17-10-12-18(23)13-11-17/h2-14,21,24H,1H3,(H,25,27). The Morgan fingerprint density at radius 2 is 1.56 bits per heavy atom. The van der Waals surface area contributed by atoms with E-state index in [0.717, 1.165) is 15.7 Å². The summed E-state index contributed by atoms with van der Waals surface area (Å²) >= 11 is 3.35. The molecule has 0 aliphatic carbocycles. The van der Waals surface area contributed by atoms with Crippen molar-refractivity contribution in [1.29, 1.82) is 0 Å². The zero-order valence-electron chi connectivity index (χ0n) is 14.8. The summed E-state index contributed by atoms with van der Waals surface area (Å²) in [5, 5.41) is 5.94. The summed E-state index contributed by atoms with van der Waals surface area (Å²) in [5.74, 6) is -0.528. The maximum Gasteiger partial charge on any atom is 0.253 e. The van der Waals surface area contributed by atoms with Crippen LogP contribution in [0.15, 0.2) is 83.3 Å². The van der Waals surface area contributed by atoms with Gasteiger partial charge >= 0.3 is 0 Å². The molecule has 1 amide bonds.